The fraction of sp³-hybridized carbons (Fsp3) is 0.200. The summed E-state index contributed by atoms with van der Waals surface area (Å²) in [4.78, 5) is 11.9. The molecule has 2 heterocycles. The third-order valence-corrected chi connectivity index (χ3v) is 3.70. The number of hydrogen-bond acceptors (Lipinski definition) is 2. The molecule has 0 bridgehead atoms. The standard InChI is InChI=1S/C15H14FN3O/c1-9-12-7-17-18-15(20)14(12)10(2)19(9)8-11-5-3-4-6-13(11)16/h3-7H,8H2,1-2H3,(H,18,20). The molecule has 1 aromatic carbocycles. The molecule has 0 spiro atoms. The second-order valence-electron chi connectivity index (χ2n) is 4.84. The molecule has 0 aliphatic rings. The molecular formula is C15H14FN3O. The van der Waals surface area contributed by atoms with Crippen molar-refractivity contribution in [3.63, 3.8) is 0 Å². The Morgan fingerprint density at radius 1 is 1.25 bits per heavy atom. The van der Waals surface area contributed by atoms with Crippen molar-refractivity contribution in [2.75, 3.05) is 0 Å². The van der Waals surface area contributed by atoms with Crippen LogP contribution in [0, 0.1) is 19.7 Å². The molecule has 102 valence electrons. The number of aromatic nitrogens is 3. The van der Waals surface area contributed by atoms with E-state index in [4.69, 9.17) is 0 Å². The van der Waals surface area contributed by atoms with E-state index in [1.54, 1.807) is 24.4 Å². The molecule has 3 aromatic rings. The summed E-state index contributed by atoms with van der Waals surface area (Å²) in [5.74, 6) is -0.240. The van der Waals surface area contributed by atoms with Gasteiger partial charge in [-0.1, -0.05) is 18.2 Å². The monoisotopic (exact) mass is 271 g/mol. The second kappa shape index (κ2) is 4.59. The van der Waals surface area contributed by atoms with Gasteiger partial charge < -0.3 is 4.57 Å². The van der Waals surface area contributed by atoms with Gasteiger partial charge in [0.2, 0.25) is 0 Å². The molecule has 4 nitrogen and oxygen atoms in total. The number of aromatic amines is 1. The van der Waals surface area contributed by atoms with Crippen LogP contribution in [0.2, 0.25) is 0 Å². The largest absolute Gasteiger partial charge is 0.343 e. The van der Waals surface area contributed by atoms with Gasteiger partial charge in [-0.05, 0) is 19.9 Å². The Morgan fingerprint density at radius 3 is 2.70 bits per heavy atom. The summed E-state index contributed by atoms with van der Waals surface area (Å²) in [6.45, 7) is 4.18. The normalized spacial score (nSPS) is 11.2. The predicted molar refractivity (Wildman–Crippen MR) is 75.3 cm³/mol. The number of aryl methyl sites for hydroxylation is 2. The molecule has 0 atom stereocenters. The smallest absolute Gasteiger partial charge is 0.273 e. The lowest BCUT2D eigenvalue weighted by Crippen LogP contribution is -2.08. The molecule has 0 aliphatic carbocycles. The summed E-state index contributed by atoms with van der Waals surface area (Å²) in [5.41, 5.74) is 2.13. The molecule has 0 unspecified atom stereocenters. The van der Waals surface area contributed by atoms with Gasteiger partial charge in [0.1, 0.15) is 5.82 Å². The Morgan fingerprint density at radius 2 is 2.00 bits per heavy atom. The highest BCUT2D eigenvalue weighted by atomic mass is 19.1. The maximum atomic E-state index is 13.8. The molecule has 0 aliphatic heterocycles. The van der Waals surface area contributed by atoms with Gasteiger partial charge in [-0.15, -0.1) is 0 Å². The minimum atomic E-state index is -0.240. The Balaban J connectivity index is 2.21. The maximum Gasteiger partial charge on any atom is 0.273 e. The minimum absolute atomic E-state index is 0.213. The van der Waals surface area contributed by atoms with Crippen LogP contribution in [0.4, 0.5) is 4.39 Å². The van der Waals surface area contributed by atoms with Crippen LogP contribution in [-0.4, -0.2) is 14.8 Å². The average molecular weight is 271 g/mol. The van der Waals surface area contributed by atoms with Gasteiger partial charge in [0.25, 0.3) is 5.56 Å². The van der Waals surface area contributed by atoms with E-state index < -0.39 is 0 Å². The van der Waals surface area contributed by atoms with Crippen LogP contribution in [-0.2, 0) is 6.54 Å². The van der Waals surface area contributed by atoms with Crippen LogP contribution in [0.25, 0.3) is 10.8 Å². The molecule has 3 rings (SSSR count). The fourth-order valence-electron chi connectivity index (χ4n) is 2.60. The van der Waals surface area contributed by atoms with E-state index in [0.29, 0.717) is 17.5 Å². The lowest BCUT2D eigenvalue weighted by molar-refractivity contribution is 0.596. The number of nitrogens with zero attached hydrogens (tertiary/aromatic N) is 2. The highest BCUT2D eigenvalue weighted by molar-refractivity contribution is 5.86. The Labute approximate surface area is 114 Å². The summed E-state index contributed by atoms with van der Waals surface area (Å²) in [5, 5.41) is 7.69. The number of benzene rings is 1. The first kappa shape index (κ1) is 12.6. The molecule has 20 heavy (non-hydrogen) atoms. The highest BCUT2D eigenvalue weighted by Gasteiger charge is 2.15. The summed E-state index contributed by atoms with van der Waals surface area (Å²) >= 11 is 0. The molecule has 0 saturated heterocycles. The number of fused-ring (bicyclic) bond motifs is 1. The van der Waals surface area contributed by atoms with Crippen molar-refractivity contribution in [1.29, 1.82) is 0 Å². The van der Waals surface area contributed by atoms with Gasteiger partial charge in [-0.2, -0.15) is 5.10 Å². The maximum absolute atomic E-state index is 13.8. The van der Waals surface area contributed by atoms with Crippen LogP contribution in [0.3, 0.4) is 0 Å². The van der Waals surface area contributed by atoms with Gasteiger partial charge in [0, 0.05) is 22.3 Å². The van der Waals surface area contributed by atoms with Gasteiger partial charge in [-0.25, -0.2) is 9.49 Å². The van der Waals surface area contributed by atoms with Crippen LogP contribution in [0.5, 0.6) is 0 Å². The van der Waals surface area contributed by atoms with E-state index in [-0.39, 0.29) is 11.4 Å². The average Bonchev–Trinajstić information content (AvgIpc) is 2.67. The Kier molecular flexibility index (Phi) is 2.89. The van der Waals surface area contributed by atoms with Crippen molar-refractivity contribution in [3.8, 4) is 0 Å². The summed E-state index contributed by atoms with van der Waals surface area (Å²) < 4.78 is 15.7. The predicted octanol–water partition coefficient (Wildman–Crippen LogP) is 2.53. The molecular weight excluding hydrogens is 257 g/mol. The lowest BCUT2D eigenvalue weighted by atomic mass is 10.2. The summed E-state index contributed by atoms with van der Waals surface area (Å²) in [6.07, 6.45) is 1.64. The van der Waals surface area contributed by atoms with Gasteiger partial charge in [-0.3, -0.25) is 4.79 Å². The second-order valence-corrected chi connectivity index (χ2v) is 4.84. The Hall–Kier alpha value is -2.43. The van der Waals surface area contributed by atoms with Crippen LogP contribution < -0.4 is 5.56 Å². The molecule has 0 saturated carbocycles. The highest BCUT2D eigenvalue weighted by Crippen LogP contribution is 2.23. The summed E-state index contributed by atoms with van der Waals surface area (Å²) in [6, 6.07) is 6.67. The van der Waals surface area contributed by atoms with Gasteiger partial charge in [0.15, 0.2) is 0 Å². The molecule has 0 amide bonds. The van der Waals surface area contributed by atoms with E-state index in [1.807, 2.05) is 18.4 Å². The topological polar surface area (TPSA) is 50.7 Å². The van der Waals surface area contributed by atoms with E-state index in [1.165, 1.54) is 6.07 Å². The zero-order valence-corrected chi connectivity index (χ0v) is 11.3. The number of halogens is 1. The van der Waals surface area contributed by atoms with E-state index in [2.05, 4.69) is 10.2 Å². The SMILES string of the molecule is Cc1c2cn[nH]c(=O)c2c(C)n1Cc1ccccc1F. The van der Waals surface area contributed by atoms with Crippen molar-refractivity contribution in [3.05, 3.63) is 63.6 Å². The third kappa shape index (κ3) is 1.82. The minimum Gasteiger partial charge on any atom is -0.343 e. The lowest BCUT2D eigenvalue weighted by Gasteiger charge is -2.10. The molecule has 2 aromatic heterocycles. The van der Waals surface area contributed by atoms with Crippen molar-refractivity contribution in [2.24, 2.45) is 0 Å². The molecule has 0 radical (unpaired) electrons. The number of H-pyrrole nitrogens is 1. The van der Waals surface area contributed by atoms with Crippen LogP contribution in [0.1, 0.15) is 17.0 Å². The first-order chi connectivity index (χ1) is 9.59. The van der Waals surface area contributed by atoms with Crippen molar-refractivity contribution in [1.82, 2.24) is 14.8 Å². The van der Waals surface area contributed by atoms with E-state index >= 15 is 0 Å². The number of hydrogen-bond donors (Lipinski definition) is 1. The van der Waals surface area contributed by atoms with Crippen molar-refractivity contribution >= 4 is 10.8 Å². The van der Waals surface area contributed by atoms with Crippen LogP contribution in [0.15, 0.2) is 35.3 Å². The van der Waals surface area contributed by atoms with Crippen LogP contribution >= 0.6 is 0 Å². The fourth-order valence-corrected chi connectivity index (χ4v) is 2.60. The summed E-state index contributed by atoms with van der Waals surface area (Å²) in [7, 11) is 0. The molecule has 5 heteroatoms. The quantitative estimate of drug-likeness (QED) is 0.778. The van der Waals surface area contributed by atoms with E-state index in [9.17, 15) is 9.18 Å². The van der Waals surface area contributed by atoms with Gasteiger partial charge >= 0.3 is 0 Å². The van der Waals surface area contributed by atoms with E-state index in [0.717, 1.165) is 16.8 Å². The van der Waals surface area contributed by atoms with Crippen molar-refractivity contribution in [2.45, 2.75) is 20.4 Å². The zero-order valence-electron chi connectivity index (χ0n) is 11.3. The Bertz CT molecular complexity index is 848. The number of nitrogens with one attached hydrogen (secondary N) is 1. The van der Waals surface area contributed by atoms with Crippen molar-refractivity contribution < 1.29 is 4.39 Å². The zero-order chi connectivity index (χ0) is 14.3. The first-order valence-electron chi connectivity index (χ1n) is 6.36. The van der Waals surface area contributed by atoms with Gasteiger partial charge in [0.05, 0.1) is 18.1 Å². The third-order valence-electron chi connectivity index (χ3n) is 3.70. The number of rotatable bonds is 2. The molecule has 1 N–H and O–H groups in total. The molecule has 0 fully saturated rings. The first-order valence-corrected chi connectivity index (χ1v) is 6.36.